The van der Waals surface area contributed by atoms with E-state index < -0.39 is 5.97 Å². The van der Waals surface area contributed by atoms with Crippen molar-refractivity contribution in [2.45, 2.75) is 6.61 Å². The number of esters is 1. The molecule has 0 amide bonds. The van der Waals surface area contributed by atoms with Crippen molar-refractivity contribution in [1.82, 2.24) is 5.16 Å². The van der Waals surface area contributed by atoms with Gasteiger partial charge < -0.3 is 18.7 Å². The van der Waals surface area contributed by atoms with Gasteiger partial charge in [0.25, 0.3) is 0 Å². The summed E-state index contributed by atoms with van der Waals surface area (Å²) in [5.74, 6) is 1.05. The van der Waals surface area contributed by atoms with Crippen molar-refractivity contribution in [3.8, 4) is 28.2 Å². The maximum absolute atomic E-state index is 11.9. The van der Waals surface area contributed by atoms with Crippen LogP contribution in [0.15, 0.2) is 52.4 Å². The maximum Gasteiger partial charge on any atom is 0.331 e. The number of thiophene rings is 1. The van der Waals surface area contributed by atoms with E-state index in [1.807, 2.05) is 23.6 Å². The van der Waals surface area contributed by atoms with E-state index in [-0.39, 0.29) is 13.2 Å². The summed E-state index contributed by atoms with van der Waals surface area (Å²) in [5.41, 5.74) is 1.25. The van der Waals surface area contributed by atoms with Crippen molar-refractivity contribution in [2.75, 3.05) is 13.7 Å². The Hall–Kier alpha value is -3.57. The number of methoxy groups -OCH3 is 1. The molecule has 0 saturated carbocycles. The second kappa shape index (κ2) is 9.39. The van der Waals surface area contributed by atoms with Crippen LogP contribution in [0.5, 0.6) is 11.5 Å². The summed E-state index contributed by atoms with van der Waals surface area (Å²) < 4.78 is 20.9. The van der Waals surface area contributed by atoms with Crippen molar-refractivity contribution < 1.29 is 23.5 Å². The van der Waals surface area contributed by atoms with Crippen LogP contribution in [0, 0.1) is 11.3 Å². The van der Waals surface area contributed by atoms with Gasteiger partial charge in [0.1, 0.15) is 18.4 Å². The SMILES string of the molecule is COc1cc(/C=C/C(=O)OCc2cc(-c3cccs3)on2)ccc1OCC#N. The lowest BCUT2D eigenvalue weighted by atomic mass is 10.2. The van der Waals surface area contributed by atoms with Crippen LogP contribution in [-0.2, 0) is 16.1 Å². The van der Waals surface area contributed by atoms with Crippen molar-refractivity contribution in [3.63, 3.8) is 0 Å². The molecule has 7 nitrogen and oxygen atoms in total. The number of benzene rings is 1. The molecule has 3 aromatic rings. The van der Waals surface area contributed by atoms with E-state index in [2.05, 4.69) is 5.16 Å². The van der Waals surface area contributed by atoms with Gasteiger partial charge in [-0.15, -0.1) is 11.3 Å². The molecule has 0 aliphatic carbocycles. The normalized spacial score (nSPS) is 10.6. The van der Waals surface area contributed by atoms with Crippen LogP contribution in [0.2, 0.25) is 0 Å². The molecule has 0 saturated heterocycles. The lowest BCUT2D eigenvalue weighted by Crippen LogP contribution is -2.01. The summed E-state index contributed by atoms with van der Waals surface area (Å²) in [7, 11) is 1.50. The fraction of sp³-hybridized carbons (Fsp3) is 0.150. The first-order chi connectivity index (χ1) is 13.7. The number of ether oxygens (including phenoxy) is 3. The van der Waals surface area contributed by atoms with Gasteiger partial charge in [0.2, 0.25) is 0 Å². The van der Waals surface area contributed by atoms with Crippen LogP contribution < -0.4 is 9.47 Å². The molecule has 1 aromatic carbocycles. The summed E-state index contributed by atoms with van der Waals surface area (Å²) in [5, 5.41) is 14.4. The average molecular weight is 396 g/mol. The van der Waals surface area contributed by atoms with Gasteiger partial charge in [-0.2, -0.15) is 5.26 Å². The number of hydrogen-bond acceptors (Lipinski definition) is 8. The Kier molecular flexibility index (Phi) is 6.44. The molecule has 142 valence electrons. The fourth-order valence-electron chi connectivity index (χ4n) is 2.29. The Balaban J connectivity index is 1.56. The van der Waals surface area contributed by atoms with Gasteiger partial charge in [-0.1, -0.05) is 17.3 Å². The molecule has 0 spiro atoms. The van der Waals surface area contributed by atoms with Gasteiger partial charge >= 0.3 is 5.97 Å². The summed E-state index contributed by atoms with van der Waals surface area (Å²) >= 11 is 1.54. The standard InChI is InChI=1S/C20H16N2O5S/c1-24-17-11-14(4-6-16(17)25-9-8-21)5-7-20(23)26-13-15-12-18(27-22-15)19-3-2-10-28-19/h2-7,10-12H,9,13H2,1H3/b7-5+. The Labute approximate surface area is 165 Å². The zero-order chi connectivity index (χ0) is 19.8. The summed E-state index contributed by atoms with van der Waals surface area (Å²) in [6.45, 7) is -0.0591. The molecule has 0 radical (unpaired) electrons. The summed E-state index contributed by atoms with van der Waals surface area (Å²) in [6.07, 6.45) is 2.91. The maximum atomic E-state index is 11.9. The molecule has 0 aliphatic rings. The lowest BCUT2D eigenvalue weighted by Gasteiger charge is -2.08. The largest absolute Gasteiger partial charge is 0.493 e. The third-order valence-electron chi connectivity index (χ3n) is 3.58. The molecule has 3 rings (SSSR count). The molecule has 28 heavy (non-hydrogen) atoms. The minimum Gasteiger partial charge on any atom is -0.493 e. The average Bonchev–Trinajstić information content (AvgIpc) is 3.41. The third kappa shape index (κ3) is 4.99. The van der Waals surface area contributed by atoms with E-state index in [4.69, 9.17) is 24.0 Å². The van der Waals surface area contributed by atoms with Crippen molar-refractivity contribution in [1.29, 1.82) is 5.26 Å². The van der Waals surface area contributed by atoms with Crippen LogP contribution >= 0.6 is 11.3 Å². The number of aromatic nitrogens is 1. The Morgan fingerprint density at radius 1 is 1.32 bits per heavy atom. The van der Waals surface area contributed by atoms with Crippen LogP contribution in [0.4, 0.5) is 0 Å². The number of nitriles is 1. The van der Waals surface area contributed by atoms with E-state index in [9.17, 15) is 4.79 Å². The van der Waals surface area contributed by atoms with Crippen molar-refractivity contribution in [3.05, 3.63) is 59.1 Å². The molecule has 0 bridgehead atoms. The Morgan fingerprint density at radius 3 is 2.96 bits per heavy atom. The quantitative estimate of drug-likeness (QED) is 0.418. The Morgan fingerprint density at radius 2 is 2.21 bits per heavy atom. The Bertz CT molecular complexity index is 1000. The van der Waals surface area contributed by atoms with Gasteiger partial charge in [0.15, 0.2) is 23.9 Å². The molecule has 0 fully saturated rings. The smallest absolute Gasteiger partial charge is 0.331 e. The molecule has 0 atom stereocenters. The zero-order valence-electron chi connectivity index (χ0n) is 15.0. The van der Waals surface area contributed by atoms with E-state index in [0.29, 0.717) is 23.0 Å². The number of rotatable bonds is 8. The van der Waals surface area contributed by atoms with Gasteiger partial charge in [0, 0.05) is 12.1 Å². The second-order valence-corrected chi connectivity index (χ2v) is 6.41. The summed E-state index contributed by atoms with van der Waals surface area (Å²) in [4.78, 5) is 12.9. The van der Waals surface area contributed by atoms with Crippen molar-refractivity contribution >= 4 is 23.4 Å². The first kappa shape index (κ1) is 19.2. The molecular weight excluding hydrogens is 380 g/mol. The highest BCUT2D eigenvalue weighted by atomic mass is 32.1. The van der Waals surface area contributed by atoms with E-state index in [1.54, 1.807) is 30.3 Å². The molecule has 2 heterocycles. The summed E-state index contributed by atoms with van der Waals surface area (Å²) in [6, 6.07) is 12.6. The van der Waals surface area contributed by atoms with Gasteiger partial charge in [-0.25, -0.2) is 4.79 Å². The third-order valence-corrected chi connectivity index (χ3v) is 4.46. The predicted molar refractivity (Wildman–Crippen MR) is 103 cm³/mol. The molecule has 0 aliphatic heterocycles. The van der Waals surface area contributed by atoms with Crippen LogP contribution in [0.25, 0.3) is 16.7 Å². The highest BCUT2D eigenvalue weighted by Crippen LogP contribution is 2.28. The van der Waals surface area contributed by atoms with Gasteiger partial charge in [-0.05, 0) is 35.2 Å². The first-order valence-corrected chi connectivity index (χ1v) is 9.09. The van der Waals surface area contributed by atoms with Crippen molar-refractivity contribution in [2.24, 2.45) is 0 Å². The van der Waals surface area contributed by atoms with E-state index >= 15 is 0 Å². The van der Waals surface area contributed by atoms with Gasteiger partial charge in [0.05, 0.1) is 12.0 Å². The predicted octanol–water partition coefficient (Wildman–Crippen LogP) is 4.07. The molecule has 8 heteroatoms. The molecule has 0 unspecified atom stereocenters. The second-order valence-electron chi connectivity index (χ2n) is 5.46. The topological polar surface area (TPSA) is 94.6 Å². The highest BCUT2D eigenvalue weighted by Gasteiger charge is 2.09. The fourth-order valence-corrected chi connectivity index (χ4v) is 2.96. The van der Waals surface area contributed by atoms with E-state index in [1.165, 1.54) is 24.5 Å². The number of carbonyl (C=O) groups excluding carboxylic acids is 1. The van der Waals surface area contributed by atoms with Crippen LogP contribution in [0.1, 0.15) is 11.3 Å². The highest BCUT2D eigenvalue weighted by molar-refractivity contribution is 7.13. The molecule has 0 N–H and O–H groups in total. The minimum atomic E-state index is -0.510. The first-order valence-electron chi connectivity index (χ1n) is 8.21. The number of carbonyl (C=O) groups is 1. The lowest BCUT2D eigenvalue weighted by molar-refractivity contribution is -0.139. The van der Waals surface area contributed by atoms with Crippen LogP contribution in [0.3, 0.4) is 0 Å². The minimum absolute atomic E-state index is 0.0162. The zero-order valence-corrected chi connectivity index (χ0v) is 15.8. The van der Waals surface area contributed by atoms with Gasteiger partial charge in [-0.3, -0.25) is 0 Å². The van der Waals surface area contributed by atoms with E-state index in [0.717, 1.165) is 10.4 Å². The molecule has 2 aromatic heterocycles. The monoisotopic (exact) mass is 396 g/mol. The van der Waals surface area contributed by atoms with Crippen LogP contribution in [-0.4, -0.2) is 24.8 Å². The molecular formula is C20H16N2O5S. The number of hydrogen-bond donors (Lipinski definition) is 0. The number of nitrogens with zero attached hydrogens (tertiary/aromatic N) is 2.